The third kappa shape index (κ3) is 2.73. The molecule has 0 spiro atoms. The van der Waals surface area contributed by atoms with Crippen LogP contribution in [0.25, 0.3) is 0 Å². The van der Waals surface area contributed by atoms with E-state index >= 15 is 0 Å². The molecule has 0 atom stereocenters. The number of hydrogen-bond donors (Lipinski definition) is 0. The summed E-state index contributed by atoms with van der Waals surface area (Å²) in [7, 11) is 0. The molecular formula is C14H20OS. The first-order valence-corrected chi connectivity index (χ1v) is 7.26. The number of carbonyl (C=O) groups excluding carboxylic acids is 1. The van der Waals surface area contributed by atoms with Gasteiger partial charge in [0.2, 0.25) is 0 Å². The Morgan fingerprint density at radius 3 is 2.50 bits per heavy atom. The highest BCUT2D eigenvalue weighted by Crippen LogP contribution is 2.28. The zero-order valence-electron chi connectivity index (χ0n) is 10.00. The number of ketones is 1. The van der Waals surface area contributed by atoms with Gasteiger partial charge in [-0.3, -0.25) is 4.79 Å². The maximum atomic E-state index is 12.3. The number of thiophene rings is 1. The third-order valence-electron chi connectivity index (χ3n) is 3.48. The molecule has 0 unspecified atom stereocenters. The van der Waals surface area contributed by atoms with Crippen molar-refractivity contribution in [3.8, 4) is 0 Å². The molecule has 0 saturated heterocycles. The Labute approximate surface area is 102 Å². The van der Waals surface area contributed by atoms with Crippen LogP contribution in [0.3, 0.4) is 0 Å². The van der Waals surface area contributed by atoms with Crippen LogP contribution in [0.15, 0.2) is 12.1 Å². The van der Waals surface area contributed by atoms with Gasteiger partial charge in [0.05, 0.1) is 4.88 Å². The second-order valence-corrected chi connectivity index (χ2v) is 5.84. The van der Waals surface area contributed by atoms with Crippen LogP contribution in [-0.2, 0) is 6.42 Å². The predicted molar refractivity (Wildman–Crippen MR) is 69.2 cm³/mol. The zero-order valence-corrected chi connectivity index (χ0v) is 10.8. The van der Waals surface area contributed by atoms with Gasteiger partial charge in [-0.05, 0) is 31.4 Å². The second-order valence-electron chi connectivity index (χ2n) is 4.67. The lowest BCUT2D eigenvalue weighted by Crippen LogP contribution is -2.12. The van der Waals surface area contributed by atoms with E-state index < -0.39 is 0 Å². The van der Waals surface area contributed by atoms with Crippen molar-refractivity contribution in [3.05, 3.63) is 21.9 Å². The van der Waals surface area contributed by atoms with E-state index in [1.54, 1.807) is 11.3 Å². The average molecular weight is 236 g/mol. The minimum atomic E-state index is 0.311. The average Bonchev–Trinajstić information content (AvgIpc) is 2.62. The first-order valence-electron chi connectivity index (χ1n) is 6.44. The molecule has 0 aliphatic heterocycles. The molecule has 1 saturated carbocycles. The summed E-state index contributed by atoms with van der Waals surface area (Å²) in [5.41, 5.74) is 0. The van der Waals surface area contributed by atoms with Crippen molar-refractivity contribution in [2.45, 2.75) is 51.9 Å². The Balaban J connectivity index is 2.05. The summed E-state index contributed by atoms with van der Waals surface area (Å²) in [5.74, 6) is 0.720. The smallest absolute Gasteiger partial charge is 0.175 e. The van der Waals surface area contributed by atoms with Crippen molar-refractivity contribution >= 4 is 17.1 Å². The van der Waals surface area contributed by atoms with Gasteiger partial charge in [0.15, 0.2) is 5.78 Å². The first kappa shape index (κ1) is 11.8. The minimum absolute atomic E-state index is 0.311. The summed E-state index contributed by atoms with van der Waals surface area (Å²) >= 11 is 1.69. The summed E-state index contributed by atoms with van der Waals surface area (Å²) in [6.45, 7) is 2.14. The highest BCUT2D eigenvalue weighted by Gasteiger charge is 2.22. The van der Waals surface area contributed by atoms with E-state index in [0.29, 0.717) is 11.7 Å². The molecular weight excluding hydrogens is 216 g/mol. The molecule has 0 N–H and O–H groups in total. The Kier molecular flexibility index (Phi) is 4.16. The maximum absolute atomic E-state index is 12.3. The summed E-state index contributed by atoms with van der Waals surface area (Å²) in [6, 6.07) is 4.13. The Bertz CT molecular complexity index is 345. The van der Waals surface area contributed by atoms with Crippen molar-refractivity contribution in [1.29, 1.82) is 0 Å². The van der Waals surface area contributed by atoms with E-state index in [2.05, 4.69) is 13.0 Å². The Morgan fingerprint density at radius 2 is 1.94 bits per heavy atom. The molecule has 1 heterocycles. The molecule has 1 aliphatic carbocycles. The molecule has 1 nitrogen and oxygen atoms in total. The fourth-order valence-corrected chi connectivity index (χ4v) is 3.41. The monoisotopic (exact) mass is 236 g/mol. The quantitative estimate of drug-likeness (QED) is 0.559. The topological polar surface area (TPSA) is 17.1 Å². The van der Waals surface area contributed by atoms with Gasteiger partial charge in [-0.15, -0.1) is 11.3 Å². The molecule has 2 rings (SSSR count). The second kappa shape index (κ2) is 5.62. The van der Waals surface area contributed by atoms with Gasteiger partial charge in [-0.2, -0.15) is 0 Å². The SMILES string of the molecule is CCc1ccc(C(=O)C2CCCCCC2)s1. The van der Waals surface area contributed by atoms with Crippen molar-refractivity contribution in [2.75, 3.05) is 0 Å². The molecule has 0 amide bonds. The normalized spacial score (nSPS) is 18.3. The van der Waals surface area contributed by atoms with E-state index in [-0.39, 0.29) is 0 Å². The van der Waals surface area contributed by atoms with Crippen molar-refractivity contribution < 1.29 is 4.79 Å². The Hall–Kier alpha value is -0.630. The fraction of sp³-hybridized carbons (Fsp3) is 0.643. The molecule has 0 radical (unpaired) electrons. The summed E-state index contributed by atoms with van der Waals surface area (Å²) in [4.78, 5) is 14.6. The van der Waals surface area contributed by atoms with E-state index in [1.807, 2.05) is 6.07 Å². The van der Waals surface area contributed by atoms with Gasteiger partial charge >= 0.3 is 0 Å². The summed E-state index contributed by atoms with van der Waals surface area (Å²) in [5, 5.41) is 0. The highest BCUT2D eigenvalue weighted by atomic mass is 32.1. The molecule has 0 aromatic carbocycles. The Morgan fingerprint density at radius 1 is 1.25 bits per heavy atom. The number of Topliss-reactive ketones (excluding diaryl/α,β-unsaturated/α-hetero) is 1. The largest absolute Gasteiger partial charge is 0.293 e. The molecule has 2 heteroatoms. The lowest BCUT2D eigenvalue weighted by Gasteiger charge is -2.10. The summed E-state index contributed by atoms with van der Waals surface area (Å²) in [6.07, 6.45) is 8.37. The van der Waals surface area contributed by atoms with E-state index in [9.17, 15) is 4.79 Å². The van der Waals surface area contributed by atoms with E-state index in [1.165, 1.54) is 30.6 Å². The van der Waals surface area contributed by atoms with Crippen LogP contribution in [0, 0.1) is 5.92 Å². The van der Waals surface area contributed by atoms with Gasteiger partial charge in [-0.25, -0.2) is 0 Å². The van der Waals surface area contributed by atoms with Crippen molar-refractivity contribution in [3.63, 3.8) is 0 Å². The van der Waals surface area contributed by atoms with Crippen LogP contribution in [0.2, 0.25) is 0 Å². The molecule has 0 bridgehead atoms. The van der Waals surface area contributed by atoms with Crippen LogP contribution < -0.4 is 0 Å². The lowest BCUT2D eigenvalue weighted by atomic mass is 9.95. The van der Waals surface area contributed by atoms with Crippen LogP contribution >= 0.6 is 11.3 Å². The van der Waals surface area contributed by atoms with Crippen LogP contribution in [0.4, 0.5) is 0 Å². The van der Waals surface area contributed by atoms with Gasteiger partial charge in [-0.1, -0.05) is 32.6 Å². The number of carbonyl (C=O) groups is 1. The molecule has 16 heavy (non-hydrogen) atoms. The number of rotatable bonds is 3. The van der Waals surface area contributed by atoms with Crippen LogP contribution in [0.5, 0.6) is 0 Å². The summed E-state index contributed by atoms with van der Waals surface area (Å²) < 4.78 is 0. The zero-order chi connectivity index (χ0) is 11.4. The van der Waals surface area contributed by atoms with Gasteiger partial charge in [0, 0.05) is 10.8 Å². The lowest BCUT2D eigenvalue weighted by molar-refractivity contribution is 0.0912. The minimum Gasteiger partial charge on any atom is -0.293 e. The highest BCUT2D eigenvalue weighted by molar-refractivity contribution is 7.14. The maximum Gasteiger partial charge on any atom is 0.175 e. The molecule has 1 aliphatic rings. The third-order valence-corrected chi connectivity index (χ3v) is 4.72. The van der Waals surface area contributed by atoms with E-state index in [0.717, 1.165) is 24.1 Å². The number of hydrogen-bond acceptors (Lipinski definition) is 2. The van der Waals surface area contributed by atoms with E-state index in [4.69, 9.17) is 0 Å². The van der Waals surface area contributed by atoms with Gasteiger partial charge in [0.25, 0.3) is 0 Å². The molecule has 88 valence electrons. The number of aryl methyl sites for hydroxylation is 1. The van der Waals surface area contributed by atoms with Crippen molar-refractivity contribution in [1.82, 2.24) is 0 Å². The van der Waals surface area contributed by atoms with Crippen LogP contribution in [-0.4, -0.2) is 5.78 Å². The van der Waals surface area contributed by atoms with Gasteiger partial charge in [0.1, 0.15) is 0 Å². The molecule has 1 fully saturated rings. The molecule has 1 aromatic heterocycles. The molecule has 1 aromatic rings. The van der Waals surface area contributed by atoms with Crippen LogP contribution in [0.1, 0.15) is 60.0 Å². The van der Waals surface area contributed by atoms with Gasteiger partial charge < -0.3 is 0 Å². The first-order chi connectivity index (χ1) is 7.81. The predicted octanol–water partition coefficient (Wildman–Crippen LogP) is 4.46. The standard InChI is InChI=1S/C14H20OS/c1-2-12-9-10-13(16-12)14(15)11-7-5-3-4-6-8-11/h9-11H,2-8H2,1H3. The van der Waals surface area contributed by atoms with Crippen molar-refractivity contribution in [2.24, 2.45) is 5.92 Å². The fourth-order valence-electron chi connectivity index (χ4n) is 2.44.